The van der Waals surface area contributed by atoms with E-state index in [1.165, 1.54) is 6.07 Å². The van der Waals surface area contributed by atoms with Crippen LogP contribution in [0.1, 0.15) is 0 Å². The van der Waals surface area contributed by atoms with Crippen molar-refractivity contribution >= 4 is 44.0 Å². The van der Waals surface area contributed by atoms with Gasteiger partial charge in [-0.1, -0.05) is 6.07 Å². The van der Waals surface area contributed by atoms with E-state index < -0.39 is 4.92 Å². The monoisotopic (exact) mass is 282 g/mol. The molecule has 6 nitrogen and oxygen atoms in total. The second kappa shape index (κ2) is 3.60. The average molecular weight is 283 g/mol. The highest BCUT2D eigenvalue weighted by Gasteiger charge is 2.18. The van der Waals surface area contributed by atoms with E-state index in [2.05, 4.69) is 20.9 Å². The number of non-ortho nitro benzene ring substituents is 1. The molecule has 0 saturated heterocycles. The summed E-state index contributed by atoms with van der Waals surface area (Å²) in [6, 6.07) is 4.59. The molecule has 2 rings (SSSR count). The smallest absolute Gasteiger partial charge is 0.279 e. The van der Waals surface area contributed by atoms with Crippen LogP contribution >= 0.6 is 15.9 Å². The molecule has 0 saturated carbocycles. The number of hydrogen-bond acceptors (Lipinski definition) is 5. The lowest BCUT2D eigenvalue weighted by Gasteiger charge is -2.06. The van der Waals surface area contributed by atoms with Gasteiger partial charge >= 0.3 is 0 Å². The molecule has 2 aromatic rings. The highest BCUT2D eigenvalue weighted by atomic mass is 79.9. The molecule has 0 aliphatic carbocycles. The van der Waals surface area contributed by atoms with Gasteiger partial charge in [0, 0.05) is 6.07 Å². The normalized spacial score (nSPS) is 10.6. The van der Waals surface area contributed by atoms with E-state index in [0.29, 0.717) is 15.4 Å². The zero-order chi connectivity index (χ0) is 11.9. The van der Waals surface area contributed by atoms with Crippen LogP contribution in [0.5, 0.6) is 0 Å². The van der Waals surface area contributed by atoms with Gasteiger partial charge in [0.05, 0.1) is 26.0 Å². The Bertz CT molecular complexity index is 600. The first-order chi connectivity index (χ1) is 7.52. The molecular weight excluding hydrogens is 276 g/mol. The molecule has 1 aromatic carbocycles. The Balaban J connectivity index is 2.97. The first kappa shape index (κ1) is 10.6. The number of nitro benzene ring substituents is 1. The molecule has 0 radical (unpaired) electrons. The average Bonchev–Trinajstić information content (AvgIpc) is 2.25. The Morgan fingerprint density at radius 3 is 2.69 bits per heavy atom. The number of nitrogens with two attached hydrogens (primary N) is 2. The molecular formula is C9H7BrN4O2. The van der Waals surface area contributed by atoms with Gasteiger partial charge in [-0.3, -0.25) is 10.1 Å². The number of nitrogen functional groups attached to an aromatic ring is 2. The van der Waals surface area contributed by atoms with E-state index >= 15 is 0 Å². The highest BCUT2D eigenvalue weighted by molar-refractivity contribution is 9.10. The minimum absolute atomic E-state index is 0.0522. The third-order valence-electron chi connectivity index (χ3n) is 2.19. The molecule has 4 N–H and O–H groups in total. The summed E-state index contributed by atoms with van der Waals surface area (Å²) in [7, 11) is 0. The van der Waals surface area contributed by atoms with Crippen molar-refractivity contribution in [3.63, 3.8) is 0 Å². The van der Waals surface area contributed by atoms with E-state index in [9.17, 15) is 10.1 Å². The molecule has 0 amide bonds. The summed E-state index contributed by atoms with van der Waals surface area (Å²) in [6.45, 7) is 0. The summed E-state index contributed by atoms with van der Waals surface area (Å²) in [6.07, 6.45) is 0. The van der Waals surface area contributed by atoms with E-state index in [1.54, 1.807) is 12.1 Å². The van der Waals surface area contributed by atoms with Crippen LogP contribution in [-0.2, 0) is 0 Å². The topological polar surface area (TPSA) is 108 Å². The third-order valence-corrected chi connectivity index (χ3v) is 3.01. The summed E-state index contributed by atoms with van der Waals surface area (Å²) >= 11 is 3.20. The van der Waals surface area contributed by atoms with Crippen LogP contribution < -0.4 is 11.5 Å². The number of pyridine rings is 1. The van der Waals surface area contributed by atoms with Gasteiger partial charge in [-0.15, -0.1) is 0 Å². The number of anilines is 2. The minimum Gasteiger partial charge on any atom is -0.395 e. The third kappa shape index (κ3) is 1.45. The number of rotatable bonds is 1. The summed E-state index contributed by atoms with van der Waals surface area (Å²) in [5, 5.41) is 11.2. The molecule has 0 unspecified atom stereocenters. The molecule has 0 aliphatic rings. The Hall–Kier alpha value is -1.89. The maximum absolute atomic E-state index is 10.8. The molecule has 0 atom stereocenters. The van der Waals surface area contributed by atoms with E-state index in [4.69, 9.17) is 11.5 Å². The van der Waals surface area contributed by atoms with Crippen LogP contribution in [0.25, 0.3) is 10.9 Å². The highest BCUT2D eigenvalue weighted by Crippen LogP contribution is 2.37. The second-order valence-corrected chi connectivity index (χ2v) is 3.95. The van der Waals surface area contributed by atoms with Gasteiger partial charge in [-0.25, -0.2) is 4.98 Å². The van der Waals surface area contributed by atoms with Gasteiger partial charge in [0.25, 0.3) is 5.69 Å². The predicted octanol–water partition coefficient (Wildman–Crippen LogP) is 2.07. The predicted molar refractivity (Wildman–Crippen MR) is 64.9 cm³/mol. The summed E-state index contributed by atoms with van der Waals surface area (Å²) in [5.74, 6) is 0.153. The Morgan fingerprint density at radius 1 is 1.38 bits per heavy atom. The van der Waals surface area contributed by atoms with Crippen LogP contribution in [0.15, 0.2) is 22.7 Å². The van der Waals surface area contributed by atoms with Crippen LogP contribution in [0.2, 0.25) is 0 Å². The standard InChI is InChI=1S/C9H7BrN4O2/c10-7-6-4(13-9(12)8(7)11)2-1-3-5(6)14(15)16/h1-3H,11H2,(H2,12,13). The van der Waals surface area contributed by atoms with Crippen molar-refractivity contribution in [2.75, 3.05) is 11.5 Å². The van der Waals surface area contributed by atoms with Gasteiger partial charge in [0.1, 0.15) is 5.82 Å². The van der Waals surface area contributed by atoms with Gasteiger partial charge in [-0.2, -0.15) is 0 Å². The fourth-order valence-electron chi connectivity index (χ4n) is 1.44. The molecule has 7 heteroatoms. The number of hydrogen-bond donors (Lipinski definition) is 2. The van der Waals surface area contributed by atoms with Crippen molar-refractivity contribution in [3.05, 3.63) is 32.8 Å². The number of nitro groups is 1. The van der Waals surface area contributed by atoms with E-state index in [1.807, 2.05) is 0 Å². The van der Waals surface area contributed by atoms with Crippen molar-refractivity contribution in [1.29, 1.82) is 0 Å². The van der Waals surface area contributed by atoms with Crippen molar-refractivity contribution in [2.24, 2.45) is 0 Å². The molecule has 82 valence electrons. The fourth-order valence-corrected chi connectivity index (χ4v) is 2.04. The van der Waals surface area contributed by atoms with Crippen molar-refractivity contribution < 1.29 is 4.92 Å². The number of benzene rings is 1. The number of fused-ring (bicyclic) bond motifs is 1. The molecule has 0 spiro atoms. The molecule has 16 heavy (non-hydrogen) atoms. The van der Waals surface area contributed by atoms with E-state index in [0.717, 1.165) is 0 Å². The van der Waals surface area contributed by atoms with Crippen LogP contribution in [0.3, 0.4) is 0 Å². The Labute approximate surface area is 98.5 Å². The first-order valence-electron chi connectivity index (χ1n) is 4.30. The van der Waals surface area contributed by atoms with E-state index in [-0.39, 0.29) is 17.2 Å². The quantitative estimate of drug-likeness (QED) is 0.615. The minimum atomic E-state index is -0.482. The van der Waals surface area contributed by atoms with Gasteiger partial charge in [0.2, 0.25) is 0 Å². The molecule has 1 aromatic heterocycles. The molecule has 1 heterocycles. The van der Waals surface area contributed by atoms with Gasteiger partial charge < -0.3 is 11.5 Å². The lowest BCUT2D eigenvalue weighted by atomic mass is 10.1. The molecule has 0 aliphatic heterocycles. The fraction of sp³-hybridized carbons (Fsp3) is 0. The zero-order valence-corrected chi connectivity index (χ0v) is 9.56. The Morgan fingerprint density at radius 2 is 2.06 bits per heavy atom. The summed E-state index contributed by atoms with van der Waals surface area (Å²) in [5.41, 5.74) is 11.8. The van der Waals surface area contributed by atoms with Crippen LogP contribution in [-0.4, -0.2) is 9.91 Å². The van der Waals surface area contributed by atoms with Crippen molar-refractivity contribution in [2.45, 2.75) is 0 Å². The SMILES string of the molecule is Nc1nc2cccc([N+](=O)[O-])c2c(Br)c1N. The number of nitrogens with zero attached hydrogens (tertiary/aromatic N) is 2. The lowest BCUT2D eigenvalue weighted by Crippen LogP contribution is -2.01. The number of halogens is 1. The first-order valence-corrected chi connectivity index (χ1v) is 5.09. The molecule has 0 fully saturated rings. The van der Waals surface area contributed by atoms with Crippen molar-refractivity contribution in [1.82, 2.24) is 4.98 Å². The maximum Gasteiger partial charge on any atom is 0.279 e. The second-order valence-electron chi connectivity index (χ2n) is 3.15. The van der Waals surface area contributed by atoms with Crippen LogP contribution in [0, 0.1) is 10.1 Å². The van der Waals surface area contributed by atoms with Gasteiger partial charge in [-0.05, 0) is 22.0 Å². The lowest BCUT2D eigenvalue weighted by molar-refractivity contribution is -0.383. The summed E-state index contributed by atoms with van der Waals surface area (Å²) < 4.78 is 0.405. The Kier molecular flexibility index (Phi) is 2.39. The van der Waals surface area contributed by atoms with Crippen LogP contribution in [0.4, 0.5) is 17.2 Å². The van der Waals surface area contributed by atoms with Crippen molar-refractivity contribution in [3.8, 4) is 0 Å². The largest absolute Gasteiger partial charge is 0.395 e. The van der Waals surface area contributed by atoms with Gasteiger partial charge in [0.15, 0.2) is 0 Å². The summed E-state index contributed by atoms with van der Waals surface area (Å²) in [4.78, 5) is 14.4. The maximum atomic E-state index is 10.8. The molecule has 0 bridgehead atoms. The zero-order valence-electron chi connectivity index (χ0n) is 7.98. The number of aromatic nitrogens is 1.